The zero-order valence-electron chi connectivity index (χ0n) is 10.4. The Morgan fingerprint density at radius 2 is 1.39 bits per heavy atom. The SMILES string of the molecule is C(#Cc1ccc2c(c1)CCCC2)c1ccccc1. The smallest absolute Gasteiger partial charge is 0.0251 e. The number of fused-ring (bicyclic) bond motifs is 1. The molecule has 0 unspecified atom stereocenters. The summed E-state index contributed by atoms with van der Waals surface area (Å²) in [7, 11) is 0. The Bertz CT molecular complexity index is 597. The van der Waals surface area contributed by atoms with Crippen molar-refractivity contribution in [3.8, 4) is 11.8 Å². The number of rotatable bonds is 0. The van der Waals surface area contributed by atoms with Crippen LogP contribution in [0.5, 0.6) is 0 Å². The van der Waals surface area contributed by atoms with Crippen molar-refractivity contribution in [3.63, 3.8) is 0 Å². The van der Waals surface area contributed by atoms with Gasteiger partial charge in [0.15, 0.2) is 0 Å². The summed E-state index contributed by atoms with van der Waals surface area (Å²) in [6, 6.07) is 16.8. The van der Waals surface area contributed by atoms with Crippen LogP contribution in [0.15, 0.2) is 48.5 Å². The molecule has 0 saturated carbocycles. The van der Waals surface area contributed by atoms with Gasteiger partial charge in [0.05, 0.1) is 0 Å². The van der Waals surface area contributed by atoms with Gasteiger partial charge in [-0.15, -0.1) is 0 Å². The highest BCUT2D eigenvalue weighted by Crippen LogP contribution is 2.21. The third kappa shape index (κ3) is 2.46. The van der Waals surface area contributed by atoms with E-state index in [0.29, 0.717) is 0 Å². The molecule has 0 heteroatoms. The van der Waals surface area contributed by atoms with E-state index in [4.69, 9.17) is 0 Å². The first-order valence-electron chi connectivity index (χ1n) is 6.61. The lowest BCUT2D eigenvalue weighted by Gasteiger charge is -2.15. The summed E-state index contributed by atoms with van der Waals surface area (Å²) in [5.74, 6) is 6.48. The van der Waals surface area contributed by atoms with Crippen LogP contribution in [0.25, 0.3) is 0 Å². The molecule has 88 valence electrons. The monoisotopic (exact) mass is 232 g/mol. The first kappa shape index (κ1) is 11.1. The molecule has 0 fully saturated rings. The van der Waals surface area contributed by atoms with Gasteiger partial charge in [-0.2, -0.15) is 0 Å². The van der Waals surface area contributed by atoms with Crippen LogP contribution < -0.4 is 0 Å². The van der Waals surface area contributed by atoms with Crippen LogP contribution in [-0.4, -0.2) is 0 Å². The minimum atomic E-state index is 1.08. The summed E-state index contributed by atoms with van der Waals surface area (Å²) in [5.41, 5.74) is 5.24. The van der Waals surface area contributed by atoms with E-state index in [0.717, 1.165) is 11.1 Å². The standard InChI is InChI=1S/C18H16/c1-2-6-15(7-3-1)10-11-16-12-13-17-8-4-5-9-18(17)14-16/h1-3,6-7,12-14H,4-5,8-9H2. The molecule has 0 spiro atoms. The van der Waals surface area contributed by atoms with Crippen LogP contribution >= 0.6 is 0 Å². The molecule has 0 saturated heterocycles. The molecule has 2 aromatic carbocycles. The lowest BCUT2D eigenvalue weighted by molar-refractivity contribution is 0.685. The maximum absolute atomic E-state index is 3.26. The van der Waals surface area contributed by atoms with E-state index in [2.05, 4.69) is 30.0 Å². The Labute approximate surface area is 109 Å². The minimum absolute atomic E-state index is 1.08. The fourth-order valence-electron chi connectivity index (χ4n) is 2.48. The highest BCUT2D eigenvalue weighted by Gasteiger charge is 2.08. The van der Waals surface area contributed by atoms with Gasteiger partial charge in [-0.1, -0.05) is 36.1 Å². The van der Waals surface area contributed by atoms with E-state index in [1.54, 1.807) is 0 Å². The molecular weight excluding hydrogens is 216 g/mol. The van der Waals surface area contributed by atoms with Crippen LogP contribution in [0.1, 0.15) is 35.1 Å². The first-order valence-corrected chi connectivity index (χ1v) is 6.61. The number of benzene rings is 2. The minimum Gasteiger partial charge on any atom is -0.0622 e. The lowest BCUT2D eigenvalue weighted by Crippen LogP contribution is -2.02. The maximum atomic E-state index is 3.26. The highest BCUT2D eigenvalue weighted by molar-refractivity contribution is 5.46. The Morgan fingerprint density at radius 3 is 2.22 bits per heavy atom. The van der Waals surface area contributed by atoms with Gasteiger partial charge in [0.25, 0.3) is 0 Å². The van der Waals surface area contributed by atoms with Crippen molar-refractivity contribution in [2.24, 2.45) is 0 Å². The van der Waals surface area contributed by atoms with Crippen molar-refractivity contribution >= 4 is 0 Å². The van der Waals surface area contributed by atoms with Gasteiger partial charge in [0, 0.05) is 11.1 Å². The van der Waals surface area contributed by atoms with Crippen molar-refractivity contribution in [2.75, 3.05) is 0 Å². The fourth-order valence-corrected chi connectivity index (χ4v) is 2.48. The van der Waals surface area contributed by atoms with Gasteiger partial charge in [0.1, 0.15) is 0 Å². The summed E-state index contributed by atoms with van der Waals surface area (Å²) in [5, 5.41) is 0. The molecule has 0 aromatic heterocycles. The highest BCUT2D eigenvalue weighted by atomic mass is 14.1. The van der Waals surface area contributed by atoms with Gasteiger partial charge >= 0.3 is 0 Å². The predicted octanol–water partition coefficient (Wildman–Crippen LogP) is 3.97. The first-order chi connectivity index (χ1) is 8.92. The molecule has 0 N–H and O–H groups in total. The quantitative estimate of drug-likeness (QED) is 0.603. The number of hydrogen-bond acceptors (Lipinski definition) is 0. The largest absolute Gasteiger partial charge is 0.0622 e. The molecule has 3 rings (SSSR count). The number of hydrogen-bond donors (Lipinski definition) is 0. The second-order valence-electron chi connectivity index (χ2n) is 4.81. The van der Waals surface area contributed by atoms with Crippen LogP contribution in [-0.2, 0) is 12.8 Å². The van der Waals surface area contributed by atoms with E-state index in [1.807, 2.05) is 30.3 Å². The predicted molar refractivity (Wildman–Crippen MR) is 75.5 cm³/mol. The average molecular weight is 232 g/mol. The molecule has 0 aliphatic heterocycles. The summed E-state index contributed by atoms with van der Waals surface area (Å²) >= 11 is 0. The summed E-state index contributed by atoms with van der Waals surface area (Å²) in [6.45, 7) is 0. The van der Waals surface area contributed by atoms with Gasteiger partial charge in [-0.3, -0.25) is 0 Å². The van der Waals surface area contributed by atoms with Gasteiger partial charge < -0.3 is 0 Å². The second kappa shape index (κ2) is 5.10. The van der Waals surface area contributed by atoms with Crippen molar-refractivity contribution in [2.45, 2.75) is 25.7 Å². The molecule has 18 heavy (non-hydrogen) atoms. The van der Waals surface area contributed by atoms with Crippen molar-refractivity contribution in [1.29, 1.82) is 0 Å². The van der Waals surface area contributed by atoms with Crippen LogP contribution in [0.2, 0.25) is 0 Å². The van der Waals surface area contributed by atoms with E-state index >= 15 is 0 Å². The van der Waals surface area contributed by atoms with Gasteiger partial charge in [-0.05, 0) is 61.1 Å². The van der Waals surface area contributed by atoms with Gasteiger partial charge in [0.2, 0.25) is 0 Å². The molecule has 1 aliphatic carbocycles. The zero-order valence-corrected chi connectivity index (χ0v) is 10.4. The molecule has 0 atom stereocenters. The van der Waals surface area contributed by atoms with E-state index < -0.39 is 0 Å². The molecule has 1 aliphatic rings. The topological polar surface area (TPSA) is 0 Å². The normalized spacial score (nSPS) is 13.3. The van der Waals surface area contributed by atoms with Gasteiger partial charge in [-0.25, -0.2) is 0 Å². The molecule has 0 amide bonds. The average Bonchev–Trinajstić information content (AvgIpc) is 2.46. The lowest BCUT2D eigenvalue weighted by atomic mass is 9.90. The Balaban J connectivity index is 1.88. The van der Waals surface area contributed by atoms with Crippen molar-refractivity contribution < 1.29 is 0 Å². The third-order valence-electron chi connectivity index (χ3n) is 3.47. The Hall–Kier alpha value is -2.00. The van der Waals surface area contributed by atoms with Crippen molar-refractivity contribution in [3.05, 3.63) is 70.8 Å². The Kier molecular flexibility index (Phi) is 3.15. The Morgan fingerprint density at radius 1 is 0.667 bits per heavy atom. The maximum Gasteiger partial charge on any atom is 0.0251 e. The number of aryl methyl sites for hydroxylation is 2. The second-order valence-corrected chi connectivity index (χ2v) is 4.81. The van der Waals surface area contributed by atoms with E-state index in [-0.39, 0.29) is 0 Å². The van der Waals surface area contributed by atoms with E-state index in [9.17, 15) is 0 Å². The van der Waals surface area contributed by atoms with Crippen LogP contribution in [0.3, 0.4) is 0 Å². The summed E-state index contributed by atoms with van der Waals surface area (Å²) in [6.07, 6.45) is 5.11. The molecule has 2 aromatic rings. The third-order valence-corrected chi connectivity index (χ3v) is 3.47. The fraction of sp³-hybridized carbons (Fsp3) is 0.222. The van der Waals surface area contributed by atoms with Crippen LogP contribution in [0, 0.1) is 11.8 Å². The molecular formula is C18H16. The zero-order chi connectivity index (χ0) is 12.2. The summed E-state index contributed by atoms with van der Waals surface area (Å²) in [4.78, 5) is 0. The van der Waals surface area contributed by atoms with Crippen LogP contribution in [0.4, 0.5) is 0 Å². The molecule has 0 bridgehead atoms. The molecule has 0 nitrogen and oxygen atoms in total. The summed E-state index contributed by atoms with van der Waals surface area (Å²) < 4.78 is 0. The molecule has 0 heterocycles. The molecule has 0 radical (unpaired) electrons. The van der Waals surface area contributed by atoms with E-state index in [1.165, 1.54) is 36.8 Å². The van der Waals surface area contributed by atoms with Crippen molar-refractivity contribution in [1.82, 2.24) is 0 Å².